The monoisotopic (exact) mass is 385 g/mol. The number of ether oxygens (including phenoxy) is 2. The van der Waals surface area contributed by atoms with Gasteiger partial charge in [-0.2, -0.15) is 0 Å². The van der Waals surface area contributed by atoms with Gasteiger partial charge in [-0.05, 0) is 6.42 Å². The summed E-state index contributed by atoms with van der Waals surface area (Å²) < 4.78 is 35.9. The van der Waals surface area contributed by atoms with Gasteiger partial charge in [-0.25, -0.2) is 19.5 Å². The van der Waals surface area contributed by atoms with Gasteiger partial charge in [0.05, 0.1) is 12.9 Å². The Morgan fingerprint density at radius 1 is 1.50 bits per heavy atom. The van der Waals surface area contributed by atoms with Crippen molar-refractivity contribution in [2.45, 2.75) is 43.8 Å². The molecule has 0 saturated carbocycles. The molecule has 2 aromatic heterocycles. The Morgan fingerprint density at radius 2 is 2.31 bits per heavy atom. The second kappa shape index (κ2) is 6.22. The zero-order valence-corrected chi connectivity index (χ0v) is 15.2. The Hall–Kier alpha value is -1.62. The van der Waals surface area contributed by atoms with E-state index < -0.39 is 31.9 Å². The summed E-state index contributed by atoms with van der Waals surface area (Å²) >= 11 is 0. The molecule has 0 amide bonds. The van der Waals surface area contributed by atoms with Crippen molar-refractivity contribution in [2.75, 3.05) is 19.5 Å². The Labute approximate surface area is 149 Å². The summed E-state index contributed by atoms with van der Waals surface area (Å²) in [6, 6.07) is 0. The fourth-order valence-corrected chi connectivity index (χ4v) is 4.32. The number of fused-ring (bicyclic) bond motifs is 3. The Morgan fingerprint density at radius 3 is 3.04 bits per heavy atom. The van der Waals surface area contributed by atoms with Crippen LogP contribution in [0.25, 0.3) is 11.2 Å². The van der Waals surface area contributed by atoms with Gasteiger partial charge in [-0.15, -0.1) is 0 Å². The molecule has 0 aliphatic carbocycles. The van der Waals surface area contributed by atoms with Gasteiger partial charge in [-0.3, -0.25) is 13.6 Å². The largest absolute Gasteiger partial charge is 0.472 e. The molecule has 142 valence electrons. The van der Waals surface area contributed by atoms with E-state index in [-0.39, 0.29) is 5.82 Å². The number of nitrogens with two attached hydrogens (primary N) is 1. The fourth-order valence-electron chi connectivity index (χ4n) is 3.64. The number of aromatic nitrogens is 4. The molecule has 0 radical (unpaired) electrons. The molecule has 2 aromatic rings. The van der Waals surface area contributed by atoms with Gasteiger partial charge in [0.1, 0.15) is 29.7 Å². The molecule has 2 aliphatic rings. The minimum atomic E-state index is -4.22. The minimum Gasteiger partial charge on any atom is -0.382 e. The van der Waals surface area contributed by atoms with E-state index in [1.165, 1.54) is 6.33 Å². The average molecular weight is 385 g/mol. The highest BCUT2D eigenvalue weighted by Crippen LogP contribution is 2.54. The summed E-state index contributed by atoms with van der Waals surface area (Å²) in [5, 5.41) is 0. The highest BCUT2D eigenvalue weighted by molar-refractivity contribution is 7.47. The van der Waals surface area contributed by atoms with Gasteiger partial charge in [0.25, 0.3) is 0 Å². The lowest BCUT2D eigenvalue weighted by molar-refractivity contribution is -0.120. The predicted octanol–water partition coefficient (Wildman–Crippen LogP) is 1.01. The maximum atomic E-state index is 12.0. The fraction of sp³-hybridized carbons (Fsp3) is 0.643. The number of phosphoric ester groups is 1. The quantitative estimate of drug-likeness (QED) is 0.715. The van der Waals surface area contributed by atoms with Crippen molar-refractivity contribution in [1.82, 2.24) is 19.5 Å². The van der Waals surface area contributed by atoms with E-state index in [2.05, 4.69) is 19.5 Å². The van der Waals surface area contributed by atoms with E-state index in [0.717, 1.165) is 7.11 Å². The molecule has 4 heterocycles. The van der Waals surface area contributed by atoms with Crippen LogP contribution in [0.3, 0.4) is 0 Å². The summed E-state index contributed by atoms with van der Waals surface area (Å²) in [5.74, 6) is 0.257. The molecule has 2 bridgehead atoms. The SMILES string of the molecule is CC[C@]12CCO[C@@H](C1OP(=O)(O)OC)[C@H](n1cnc3c(N)ncnc31)O2. The first-order valence-corrected chi connectivity index (χ1v) is 9.69. The first-order valence-electron chi connectivity index (χ1n) is 8.20. The maximum absolute atomic E-state index is 12.0. The van der Waals surface area contributed by atoms with Crippen LogP contribution in [0.15, 0.2) is 12.7 Å². The molecule has 2 saturated heterocycles. The van der Waals surface area contributed by atoms with Crippen molar-refractivity contribution in [1.29, 1.82) is 0 Å². The van der Waals surface area contributed by atoms with Crippen molar-refractivity contribution >= 4 is 24.8 Å². The van der Waals surface area contributed by atoms with Gasteiger partial charge in [0.2, 0.25) is 0 Å². The van der Waals surface area contributed by atoms with Crippen LogP contribution in [-0.2, 0) is 23.1 Å². The topological polar surface area (TPSA) is 144 Å². The molecular weight excluding hydrogens is 365 g/mol. The van der Waals surface area contributed by atoms with Gasteiger partial charge < -0.3 is 20.1 Å². The highest BCUT2D eigenvalue weighted by Gasteiger charge is 2.60. The number of imidazole rings is 1. The van der Waals surface area contributed by atoms with E-state index in [4.69, 9.17) is 19.7 Å². The lowest BCUT2D eigenvalue weighted by Gasteiger charge is -2.37. The van der Waals surface area contributed by atoms with Gasteiger partial charge in [-0.1, -0.05) is 6.92 Å². The normalized spacial score (nSPS) is 33.4. The number of anilines is 1. The molecule has 26 heavy (non-hydrogen) atoms. The van der Waals surface area contributed by atoms with Crippen molar-refractivity contribution in [3.8, 4) is 0 Å². The van der Waals surface area contributed by atoms with Crippen LogP contribution in [0.2, 0.25) is 0 Å². The third kappa shape index (κ3) is 2.63. The third-order valence-corrected chi connectivity index (χ3v) is 5.98. The third-order valence-electron chi connectivity index (χ3n) is 5.03. The molecule has 2 fully saturated rings. The van der Waals surface area contributed by atoms with E-state index in [9.17, 15) is 9.46 Å². The molecule has 4 rings (SSSR count). The van der Waals surface area contributed by atoms with Gasteiger partial charge >= 0.3 is 7.82 Å². The van der Waals surface area contributed by atoms with E-state index in [1.54, 1.807) is 10.9 Å². The van der Waals surface area contributed by atoms with Crippen LogP contribution < -0.4 is 5.73 Å². The molecule has 3 N–H and O–H groups in total. The summed E-state index contributed by atoms with van der Waals surface area (Å²) in [5.41, 5.74) is 6.01. The maximum Gasteiger partial charge on any atom is 0.472 e. The van der Waals surface area contributed by atoms with Gasteiger partial charge in [0, 0.05) is 13.5 Å². The number of hydrogen-bond donors (Lipinski definition) is 2. The van der Waals surface area contributed by atoms with E-state index in [0.29, 0.717) is 30.6 Å². The summed E-state index contributed by atoms with van der Waals surface area (Å²) in [6.07, 6.45) is 1.93. The van der Waals surface area contributed by atoms with Crippen LogP contribution in [-0.4, -0.2) is 55.9 Å². The minimum absolute atomic E-state index is 0.257. The number of nitrogen functional groups attached to an aromatic ring is 1. The number of rotatable bonds is 5. The summed E-state index contributed by atoms with van der Waals surface area (Å²) in [7, 11) is -3.10. The lowest BCUT2D eigenvalue weighted by atomic mass is 9.87. The second-order valence-electron chi connectivity index (χ2n) is 6.27. The number of phosphoric acid groups is 1. The van der Waals surface area contributed by atoms with Crippen molar-refractivity contribution in [3.63, 3.8) is 0 Å². The molecule has 2 unspecified atom stereocenters. The zero-order valence-electron chi connectivity index (χ0n) is 14.3. The Kier molecular flexibility index (Phi) is 4.25. The van der Waals surface area contributed by atoms with E-state index in [1.807, 2.05) is 6.92 Å². The van der Waals surface area contributed by atoms with Crippen LogP contribution in [0.1, 0.15) is 26.0 Å². The molecule has 2 aliphatic heterocycles. The van der Waals surface area contributed by atoms with Crippen LogP contribution >= 0.6 is 7.82 Å². The first-order chi connectivity index (χ1) is 12.4. The lowest BCUT2D eigenvalue weighted by Crippen LogP contribution is -2.49. The van der Waals surface area contributed by atoms with Crippen molar-refractivity contribution in [2.24, 2.45) is 0 Å². The molecule has 0 spiro atoms. The zero-order chi connectivity index (χ0) is 18.5. The first kappa shape index (κ1) is 17.8. The molecule has 5 atom stereocenters. The highest BCUT2D eigenvalue weighted by atomic mass is 31.2. The molecule has 12 heteroatoms. The average Bonchev–Trinajstić information content (AvgIpc) is 3.11. The number of nitrogens with zero attached hydrogens (tertiary/aromatic N) is 4. The summed E-state index contributed by atoms with van der Waals surface area (Å²) in [6.45, 7) is 2.38. The molecular formula is C14H20N5O6P. The standard InChI is InChI=1S/C14H20N5O6P/c1-3-14-4-5-23-9(10(14)25-26(20,21)22-2)13(24-14)19-7-18-8-11(15)16-6-17-12(8)19/h6-7,9-10,13H,3-5H2,1-2H3,(H,20,21)(H2,15,16,17)/t9-,10?,13+,14-/m0/s1. The van der Waals surface area contributed by atoms with Gasteiger partial charge in [0.15, 0.2) is 17.7 Å². The Bertz CT molecular complexity index is 877. The smallest absolute Gasteiger partial charge is 0.382 e. The summed E-state index contributed by atoms with van der Waals surface area (Å²) in [4.78, 5) is 22.2. The Balaban J connectivity index is 1.76. The molecule has 0 aromatic carbocycles. The van der Waals surface area contributed by atoms with E-state index >= 15 is 0 Å². The van der Waals surface area contributed by atoms with Crippen molar-refractivity contribution < 1.29 is 28.0 Å². The van der Waals surface area contributed by atoms with Crippen LogP contribution in [0.4, 0.5) is 5.82 Å². The molecule has 11 nitrogen and oxygen atoms in total. The predicted molar refractivity (Wildman–Crippen MR) is 88.9 cm³/mol. The number of hydrogen-bond acceptors (Lipinski definition) is 9. The van der Waals surface area contributed by atoms with Crippen LogP contribution in [0.5, 0.6) is 0 Å². The van der Waals surface area contributed by atoms with Crippen LogP contribution in [0, 0.1) is 0 Å². The van der Waals surface area contributed by atoms with Crippen molar-refractivity contribution in [3.05, 3.63) is 12.7 Å². The second-order valence-corrected chi connectivity index (χ2v) is 7.79.